The van der Waals surface area contributed by atoms with Gasteiger partial charge in [-0.1, -0.05) is 189 Å². The number of benzene rings is 1. The summed E-state index contributed by atoms with van der Waals surface area (Å²) in [7, 11) is 0. The zero-order valence-corrected chi connectivity index (χ0v) is 58.9. The third-order valence-electron chi connectivity index (χ3n) is 17.9. The van der Waals surface area contributed by atoms with E-state index in [4.69, 9.17) is 0 Å². The first-order valence-electron chi connectivity index (χ1n) is 35.8. The van der Waals surface area contributed by atoms with E-state index in [0.717, 1.165) is 44.1 Å². The molecular formula is C73H124N6O15. The molecule has 0 aromatic heterocycles. The third-order valence-corrected chi connectivity index (χ3v) is 17.9. The average Bonchev–Trinajstić information content (AvgIpc) is 0.958. The normalized spacial score (nSPS) is 13.5. The zero-order chi connectivity index (χ0) is 70.4. The molecule has 21 heteroatoms. The van der Waals surface area contributed by atoms with Gasteiger partial charge in [-0.05, 0) is 100 Å². The Morgan fingerprint density at radius 1 is 0.436 bits per heavy atom. The number of amides is 6. The van der Waals surface area contributed by atoms with Crippen LogP contribution in [0.3, 0.4) is 0 Å². The van der Waals surface area contributed by atoms with E-state index in [9.17, 15) is 73.2 Å². The van der Waals surface area contributed by atoms with Crippen LogP contribution in [0.5, 0.6) is 0 Å². The van der Waals surface area contributed by atoms with Gasteiger partial charge in [-0.15, -0.1) is 0 Å². The maximum Gasteiger partial charge on any atom is 0.303 e. The summed E-state index contributed by atoms with van der Waals surface area (Å²) >= 11 is 0. The quantitative estimate of drug-likeness (QED) is 0.0271. The van der Waals surface area contributed by atoms with Crippen LogP contribution in [0.2, 0.25) is 0 Å². The molecule has 6 atom stereocenters. The summed E-state index contributed by atoms with van der Waals surface area (Å²) in [5.74, 6) is -11.4. The number of hydrogen-bond donors (Lipinski definition) is 10. The van der Waals surface area contributed by atoms with E-state index in [2.05, 4.69) is 57.9 Å². The van der Waals surface area contributed by atoms with Crippen LogP contribution in [0.4, 0.5) is 0 Å². The van der Waals surface area contributed by atoms with E-state index in [0.29, 0.717) is 32.2 Å². The largest absolute Gasteiger partial charge is 0.481 e. The Bertz CT molecular complexity index is 2410. The number of carbonyl (C=O) groups excluding carboxylic acids is 9. The Morgan fingerprint density at radius 3 is 1.39 bits per heavy atom. The van der Waals surface area contributed by atoms with Crippen molar-refractivity contribution in [3.8, 4) is 0 Å². The highest BCUT2D eigenvalue weighted by Gasteiger charge is 2.37. The van der Waals surface area contributed by atoms with Gasteiger partial charge in [0, 0.05) is 63.3 Å². The molecule has 0 saturated heterocycles. The molecular weight excluding hydrogens is 1200 g/mol. The van der Waals surface area contributed by atoms with Crippen LogP contribution < -0.4 is 31.9 Å². The van der Waals surface area contributed by atoms with Gasteiger partial charge in [0.2, 0.25) is 35.4 Å². The number of nitrogens with one attached hydrogen (secondary N) is 6. The maximum absolute atomic E-state index is 14.4. The van der Waals surface area contributed by atoms with Crippen LogP contribution in [0.15, 0.2) is 24.3 Å². The lowest BCUT2D eigenvalue weighted by atomic mass is 9.84. The Hall–Kier alpha value is -6.09. The van der Waals surface area contributed by atoms with E-state index in [1.807, 2.05) is 12.1 Å². The fourth-order valence-electron chi connectivity index (χ4n) is 11.6. The number of unbranched alkanes of at least 4 members (excludes halogenated alkanes) is 18. The van der Waals surface area contributed by atoms with Crippen LogP contribution in [-0.2, 0) is 65.6 Å². The van der Waals surface area contributed by atoms with Crippen LogP contribution >= 0.6 is 0 Å². The molecule has 0 spiro atoms. The molecule has 0 bridgehead atoms. The second-order valence-electron chi connectivity index (χ2n) is 27.3. The smallest absolute Gasteiger partial charge is 0.303 e. The topological polar surface area (TPSA) is 341 Å². The van der Waals surface area contributed by atoms with Crippen LogP contribution in [0.25, 0.3) is 0 Å². The monoisotopic (exact) mass is 1320 g/mol. The summed E-state index contributed by atoms with van der Waals surface area (Å²) in [5.41, 5.74) is 0.831. The van der Waals surface area contributed by atoms with Crippen molar-refractivity contribution >= 4 is 64.7 Å². The standard InChI is InChI=1S/C73H124N6O15/c1-10-12-14-16-18-19-20-21-22-23-24-26-28-33-63(85)74-46-30-29-32-60(75-64(86)40-41-65(87)79-73(49-80,50-81)45-44-56-36-34-55(35-37-56)31-27-25-17-15-13-11-2)72(94)78-69(53(7)8)62(84)48-58(51(3)4)71(93)77-68(52(5)6)61(83)47-57(38-42-66(88)89)70(92)76-59(54(9)82)39-43-67(90)91/h34-37,51-53,57-60,68-69,80-81H,10-33,38-50H2,1-9H3,(H,74,85)(H,75,86)(H,76,92)(H,77,93)(H,78,94)(H,79,87)(H,88,89)(H,90,91)/t57-,58?,59+,60+,68+,69+/m1/s1. The highest BCUT2D eigenvalue weighted by Crippen LogP contribution is 2.24. The minimum absolute atomic E-state index is 0.0696. The molecule has 0 saturated carbocycles. The van der Waals surface area contributed by atoms with Crippen LogP contribution in [-0.4, -0.2) is 135 Å². The molecule has 6 amide bonds. The summed E-state index contributed by atoms with van der Waals surface area (Å²) < 4.78 is 0. The maximum atomic E-state index is 14.4. The Morgan fingerprint density at radius 2 is 0.904 bits per heavy atom. The minimum Gasteiger partial charge on any atom is -0.481 e. The van der Waals surface area contributed by atoms with E-state index < -0.39 is 151 Å². The first-order chi connectivity index (χ1) is 44.7. The van der Waals surface area contributed by atoms with Gasteiger partial charge in [0.25, 0.3) is 0 Å². The molecule has 0 fully saturated rings. The van der Waals surface area contributed by atoms with Crippen molar-refractivity contribution in [2.24, 2.45) is 29.6 Å². The molecule has 0 aliphatic heterocycles. The highest BCUT2D eigenvalue weighted by atomic mass is 16.4. The molecule has 1 aromatic rings. The van der Waals surface area contributed by atoms with Crippen molar-refractivity contribution in [2.75, 3.05) is 19.8 Å². The molecule has 1 aromatic carbocycles. The SMILES string of the molecule is CCCCCCCCCCCCCCCC(=O)NCCCC[C@H](NC(=O)CCC(=O)NC(CO)(CO)CCc1ccc(CCCCCCCC)cc1)C(=O)N[C@H](C(=O)CC(C(=O)N[C@H](C(=O)C[C@@H](CCC(=O)O)C(=O)N[C@@H](CCC(=O)O)C(C)=O)C(C)C)C(C)C)C(C)C. The molecule has 21 nitrogen and oxygen atoms in total. The molecule has 0 aliphatic rings. The van der Waals surface area contributed by atoms with Crippen LogP contribution in [0.1, 0.15) is 279 Å². The molecule has 1 rings (SSSR count). The summed E-state index contributed by atoms with van der Waals surface area (Å²) in [4.78, 5) is 146. The minimum atomic E-state index is -1.37. The summed E-state index contributed by atoms with van der Waals surface area (Å²) in [6.45, 7) is 15.0. The summed E-state index contributed by atoms with van der Waals surface area (Å²) in [5, 5.41) is 56.1. The van der Waals surface area contributed by atoms with Crippen molar-refractivity contribution in [1.29, 1.82) is 0 Å². The zero-order valence-electron chi connectivity index (χ0n) is 58.9. The molecule has 0 heterocycles. The molecule has 536 valence electrons. The number of rotatable bonds is 58. The Kier molecular flexibility index (Phi) is 46.0. The van der Waals surface area contributed by atoms with E-state index >= 15 is 0 Å². The van der Waals surface area contributed by atoms with Crippen molar-refractivity contribution in [3.05, 3.63) is 35.4 Å². The van der Waals surface area contributed by atoms with Crippen LogP contribution in [0, 0.1) is 29.6 Å². The highest BCUT2D eigenvalue weighted by molar-refractivity contribution is 5.97. The van der Waals surface area contributed by atoms with Gasteiger partial charge < -0.3 is 52.3 Å². The predicted octanol–water partition coefficient (Wildman–Crippen LogP) is 10.3. The van der Waals surface area contributed by atoms with Gasteiger partial charge in [-0.2, -0.15) is 0 Å². The number of ketones is 3. The molecule has 1 unspecified atom stereocenters. The number of aliphatic hydroxyl groups is 2. The second-order valence-corrected chi connectivity index (χ2v) is 27.3. The Labute approximate surface area is 562 Å². The van der Waals surface area contributed by atoms with Crippen molar-refractivity contribution in [2.45, 2.75) is 310 Å². The van der Waals surface area contributed by atoms with Gasteiger partial charge in [-0.25, -0.2) is 0 Å². The van der Waals surface area contributed by atoms with E-state index in [1.54, 1.807) is 41.5 Å². The lowest BCUT2D eigenvalue weighted by Gasteiger charge is -2.31. The number of hydrogen-bond acceptors (Lipinski definition) is 13. The third kappa shape index (κ3) is 38.5. The number of carboxylic acid groups (broad SMARTS) is 2. The van der Waals surface area contributed by atoms with E-state index in [1.165, 1.54) is 102 Å². The van der Waals surface area contributed by atoms with E-state index in [-0.39, 0.29) is 50.9 Å². The molecule has 10 N–H and O–H groups in total. The van der Waals surface area contributed by atoms with Crippen molar-refractivity contribution < 1.29 is 73.2 Å². The number of Topliss-reactive ketones (excluding diaryl/α,β-unsaturated/α-hetero) is 3. The summed E-state index contributed by atoms with van der Waals surface area (Å²) in [6.07, 6.45) is 22.7. The number of carboxylic acids is 2. The van der Waals surface area contributed by atoms with Gasteiger partial charge in [0.05, 0.1) is 36.9 Å². The molecule has 0 aliphatic carbocycles. The van der Waals surface area contributed by atoms with Gasteiger partial charge in [-0.3, -0.25) is 52.7 Å². The first kappa shape index (κ1) is 85.9. The Balaban J connectivity index is 3.23. The fourth-order valence-corrected chi connectivity index (χ4v) is 11.6. The van der Waals surface area contributed by atoms with Gasteiger partial charge in [0.1, 0.15) is 6.04 Å². The van der Waals surface area contributed by atoms with Gasteiger partial charge in [0.15, 0.2) is 17.3 Å². The van der Waals surface area contributed by atoms with Gasteiger partial charge >= 0.3 is 11.9 Å². The second kappa shape index (κ2) is 50.3. The molecule has 0 radical (unpaired) electrons. The lowest BCUT2D eigenvalue weighted by molar-refractivity contribution is -0.140. The molecule has 94 heavy (non-hydrogen) atoms. The number of aliphatic carboxylic acids is 2. The lowest BCUT2D eigenvalue weighted by Crippen LogP contribution is -2.55. The summed E-state index contributed by atoms with van der Waals surface area (Å²) in [6, 6.07) is 3.45. The fraction of sp³-hybridized carbons (Fsp3) is 0.767. The predicted molar refractivity (Wildman–Crippen MR) is 366 cm³/mol. The van der Waals surface area contributed by atoms with Crippen molar-refractivity contribution in [1.82, 2.24) is 31.9 Å². The average molecular weight is 1330 g/mol. The number of carbonyl (C=O) groups is 11. The van der Waals surface area contributed by atoms with Crippen molar-refractivity contribution in [3.63, 3.8) is 0 Å². The number of aliphatic hydroxyl groups excluding tert-OH is 2. The first-order valence-corrected chi connectivity index (χ1v) is 35.8. The number of aryl methyl sites for hydroxylation is 2.